The van der Waals surface area contributed by atoms with Crippen molar-refractivity contribution in [2.75, 3.05) is 32.6 Å². The van der Waals surface area contributed by atoms with Gasteiger partial charge in [-0.15, -0.1) is 0 Å². The van der Waals surface area contributed by atoms with Gasteiger partial charge in [-0.1, -0.05) is 42.5 Å². The first kappa shape index (κ1) is 25.9. The Hall–Kier alpha value is -3.73. The van der Waals surface area contributed by atoms with Gasteiger partial charge in [0.1, 0.15) is 18.5 Å². The van der Waals surface area contributed by atoms with Crippen LogP contribution >= 0.6 is 0 Å². The van der Waals surface area contributed by atoms with Crippen molar-refractivity contribution in [3.8, 4) is 5.75 Å². The minimum absolute atomic E-state index is 0.0223. The van der Waals surface area contributed by atoms with Crippen LogP contribution in [0, 0.1) is 0 Å². The molecule has 0 saturated carbocycles. The highest BCUT2D eigenvalue weighted by Gasteiger charge is 2.24. The number of aliphatic hydroxyl groups is 1. The van der Waals surface area contributed by atoms with Crippen LogP contribution in [0.15, 0.2) is 83.8 Å². The number of benzene rings is 3. The van der Waals surface area contributed by atoms with Crippen LogP contribution in [0.25, 0.3) is 0 Å². The molecule has 0 aliphatic carbocycles. The molecule has 0 saturated heterocycles. The third kappa shape index (κ3) is 6.89. The topological polar surface area (TPSA) is 125 Å². The number of carbonyl (C=O) groups is 2. The summed E-state index contributed by atoms with van der Waals surface area (Å²) in [7, 11) is -1.03. The Bertz CT molecular complexity index is 1280. The van der Waals surface area contributed by atoms with Gasteiger partial charge in [-0.3, -0.25) is 9.59 Å². The van der Waals surface area contributed by atoms with Crippen LogP contribution < -0.4 is 14.8 Å². The molecule has 3 N–H and O–H groups in total. The lowest BCUT2D eigenvalue weighted by Gasteiger charge is -2.17. The fourth-order valence-corrected chi connectivity index (χ4v) is 4.42. The standard InChI is InChI=1S/C25H27N3O6S/c1-28(2)25(31)21-13-7-9-15-23(21)35(32,33)26-16-19(29)17-34-22-14-8-6-12-20(22)24(30)27-18-10-4-3-5-11-18/h3-15,19,26,29H,16-17H2,1-2H3,(H,27,30)/t19-/m0/s1. The molecule has 0 fully saturated rings. The largest absolute Gasteiger partial charge is 0.490 e. The maximum Gasteiger partial charge on any atom is 0.259 e. The van der Waals surface area contributed by atoms with Gasteiger partial charge in [-0.05, 0) is 36.4 Å². The number of hydrogen-bond acceptors (Lipinski definition) is 6. The summed E-state index contributed by atoms with van der Waals surface area (Å²) in [5, 5.41) is 13.1. The minimum atomic E-state index is -4.08. The van der Waals surface area contributed by atoms with Crippen molar-refractivity contribution in [1.82, 2.24) is 9.62 Å². The Morgan fingerprint density at radius 2 is 1.51 bits per heavy atom. The zero-order chi connectivity index (χ0) is 25.4. The molecular weight excluding hydrogens is 470 g/mol. The quantitative estimate of drug-likeness (QED) is 0.395. The second kappa shape index (κ2) is 11.6. The summed E-state index contributed by atoms with van der Waals surface area (Å²) in [5.41, 5.74) is 0.907. The van der Waals surface area contributed by atoms with Gasteiger partial charge in [-0.2, -0.15) is 0 Å². The maximum atomic E-state index is 12.8. The van der Waals surface area contributed by atoms with Crippen molar-refractivity contribution in [2.45, 2.75) is 11.0 Å². The Morgan fingerprint density at radius 1 is 0.914 bits per heavy atom. The smallest absolute Gasteiger partial charge is 0.259 e. The molecular formula is C25H27N3O6S. The van der Waals surface area contributed by atoms with Crippen molar-refractivity contribution in [1.29, 1.82) is 0 Å². The van der Waals surface area contributed by atoms with Gasteiger partial charge in [0.05, 0.1) is 16.0 Å². The summed E-state index contributed by atoms with van der Waals surface area (Å²) in [6.45, 7) is -0.623. The molecule has 10 heteroatoms. The van der Waals surface area contributed by atoms with Crippen LogP contribution in [0.3, 0.4) is 0 Å². The zero-order valence-corrected chi connectivity index (χ0v) is 20.2. The minimum Gasteiger partial charge on any atom is -0.490 e. The highest BCUT2D eigenvalue weighted by Crippen LogP contribution is 2.20. The first-order valence-electron chi connectivity index (χ1n) is 10.8. The van der Waals surface area contributed by atoms with E-state index in [0.717, 1.165) is 0 Å². The van der Waals surface area contributed by atoms with Crippen LogP contribution in [0.4, 0.5) is 5.69 Å². The molecule has 3 rings (SSSR count). The lowest BCUT2D eigenvalue weighted by atomic mass is 10.2. The number of ether oxygens (including phenoxy) is 1. The number of anilines is 1. The van der Waals surface area contributed by atoms with Crippen LogP contribution in [0.5, 0.6) is 5.75 Å². The molecule has 9 nitrogen and oxygen atoms in total. The van der Waals surface area contributed by atoms with Gasteiger partial charge >= 0.3 is 0 Å². The van der Waals surface area contributed by atoms with E-state index in [2.05, 4.69) is 10.0 Å². The van der Waals surface area contributed by atoms with E-state index in [1.165, 1.54) is 37.2 Å². The third-order valence-corrected chi connectivity index (χ3v) is 6.40. The molecule has 0 radical (unpaired) electrons. The zero-order valence-electron chi connectivity index (χ0n) is 19.3. The van der Waals surface area contributed by atoms with E-state index in [9.17, 15) is 23.1 Å². The summed E-state index contributed by atoms with van der Waals surface area (Å²) in [6, 6.07) is 21.3. The predicted molar refractivity (Wildman–Crippen MR) is 132 cm³/mol. The molecule has 2 amide bonds. The van der Waals surface area contributed by atoms with E-state index < -0.39 is 22.0 Å². The van der Waals surface area contributed by atoms with Crippen molar-refractivity contribution in [3.63, 3.8) is 0 Å². The number of amides is 2. The van der Waals surface area contributed by atoms with Gasteiger partial charge in [0.2, 0.25) is 10.0 Å². The number of carbonyl (C=O) groups excluding carboxylic acids is 2. The van der Waals surface area contributed by atoms with Gasteiger partial charge < -0.3 is 20.1 Å². The summed E-state index contributed by atoms with van der Waals surface area (Å²) in [5.74, 6) is -0.603. The van der Waals surface area contributed by atoms with Crippen molar-refractivity contribution in [2.24, 2.45) is 0 Å². The SMILES string of the molecule is CN(C)C(=O)c1ccccc1S(=O)(=O)NC[C@H](O)COc1ccccc1C(=O)Nc1ccccc1. The molecule has 0 heterocycles. The molecule has 3 aromatic rings. The van der Waals surface area contributed by atoms with Crippen LogP contribution in [-0.2, 0) is 10.0 Å². The van der Waals surface area contributed by atoms with Gasteiger partial charge in [0.25, 0.3) is 11.8 Å². The first-order valence-corrected chi connectivity index (χ1v) is 12.2. The molecule has 35 heavy (non-hydrogen) atoms. The molecule has 0 aromatic heterocycles. The number of nitrogens with one attached hydrogen (secondary N) is 2. The van der Waals surface area contributed by atoms with Gasteiger partial charge in [0, 0.05) is 26.3 Å². The highest BCUT2D eigenvalue weighted by atomic mass is 32.2. The molecule has 0 bridgehead atoms. The number of aliphatic hydroxyl groups excluding tert-OH is 1. The summed E-state index contributed by atoms with van der Waals surface area (Å²) in [4.78, 5) is 26.1. The molecule has 0 spiro atoms. The first-order chi connectivity index (χ1) is 16.7. The maximum absolute atomic E-state index is 12.8. The summed E-state index contributed by atoms with van der Waals surface area (Å²) in [6.07, 6.45) is -1.22. The fraction of sp³-hybridized carbons (Fsp3) is 0.200. The molecule has 0 aliphatic heterocycles. The lowest BCUT2D eigenvalue weighted by molar-refractivity contribution is 0.0823. The predicted octanol–water partition coefficient (Wildman–Crippen LogP) is 2.36. The molecule has 0 aliphatic rings. The van der Waals surface area contributed by atoms with E-state index in [-0.39, 0.29) is 40.8 Å². The van der Waals surface area contributed by atoms with E-state index >= 15 is 0 Å². The third-order valence-electron chi connectivity index (χ3n) is 4.92. The van der Waals surface area contributed by atoms with E-state index in [1.807, 2.05) is 6.07 Å². The normalized spacial score (nSPS) is 12.0. The van der Waals surface area contributed by atoms with Gasteiger partial charge in [-0.25, -0.2) is 13.1 Å². The van der Waals surface area contributed by atoms with E-state index in [0.29, 0.717) is 5.69 Å². The number of rotatable bonds is 10. The van der Waals surface area contributed by atoms with Crippen molar-refractivity contribution < 1.29 is 27.9 Å². The average Bonchev–Trinajstić information content (AvgIpc) is 2.86. The molecule has 1 atom stereocenters. The van der Waals surface area contributed by atoms with Crippen LogP contribution in [0.1, 0.15) is 20.7 Å². The molecule has 3 aromatic carbocycles. The monoisotopic (exact) mass is 497 g/mol. The van der Waals surface area contributed by atoms with E-state index in [4.69, 9.17) is 4.74 Å². The number of nitrogens with zero attached hydrogens (tertiary/aromatic N) is 1. The van der Waals surface area contributed by atoms with Crippen LogP contribution in [0.2, 0.25) is 0 Å². The van der Waals surface area contributed by atoms with Crippen molar-refractivity contribution >= 4 is 27.5 Å². The Kier molecular flexibility index (Phi) is 8.58. The number of hydrogen-bond donors (Lipinski definition) is 3. The molecule has 0 unspecified atom stereocenters. The number of sulfonamides is 1. The summed E-state index contributed by atoms with van der Waals surface area (Å²) >= 11 is 0. The lowest BCUT2D eigenvalue weighted by Crippen LogP contribution is -2.36. The summed E-state index contributed by atoms with van der Waals surface area (Å²) < 4.78 is 33.5. The Labute approximate surface area is 204 Å². The second-order valence-corrected chi connectivity index (χ2v) is 9.56. The highest BCUT2D eigenvalue weighted by molar-refractivity contribution is 7.89. The molecule has 184 valence electrons. The fourth-order valence-electron chi connectivity index (χ4n) is 3.15. The Balaban J connectivity index is 1.62. The average molecular weight is 498 g/mol. The van der Waals surface area contributed by atoms with Gasteiger partial charge in [0.15, 0.2) is 0 Å². The Morgan fingerprint density at radius 3 is 2.20 bits per heavy atom. The van der Waals surface area contributed by atoms with Crippen LogP contribution in [-0.4, -0.2) is 63.6 Å². The van der Waals surface area contributed by atoms with Crippen molar-refractivity contribution in [3.05, 3.63) is 90.0 Å². The number of para-hydroxylation sites is 2. The second-order valence-electron chi connectivity index (χ2n) is 7.83. The van der Waals surface area contributed by atoms with E-state index in [1.54, 1.807) is 54.6 Å².